The fourth-order valence-corrected chi connectivity index (χ4v) is 3.32. The Hall–Kier alpha value is -0.500. The molecule has 122 valence electrons. The summed E-state index contributed by atoms with van der Waals surface area (Å²) in [6.07, 6.45) is 11.4. The van der Waals surface area contributed by atoms with Gasteiger partial charge in [-0.15, -0.1) is 0 Å². The Labute approximate surface area is 136 Å². The van der Waals surface area contributed by atoms with Crippen LogP contribution in [0.2, 0.25) is 5.15 Å². The molecule has 0 N–H and O–H groups in total. The summed E-state index contributed by atoms with van der Waals surface area (Å²) >= 11 is 6.54. The van der Waals surface area contributed by atoms with Crippen molar-refractivity contribution in [1.82, 2.24) is 9.78 Å². The van der Waals surface area contributed by atoms with Crippen LogP contribution < -0.4 is 0 Å². The molecule has 21 heavy (non-hydrogen) atoms. The summed E-state index contributed by atoms with van der Waals surface area (Å²) in [4.78, 5) is 0. The van der Waals surface area contributed by atoms with E-state index in [0.29, 0.717) is 0 Å². The van der Waals surface area contributed by atoms with Crippen molar-refractivity contribution >= 4 is 11.6 Å². The minimum Gasteiger partial charge on any atom is -0.248 e. The van der Waals surface area contributed by atoms with Gasteiger partial charge in [-0.05, 0) is 33.6 Å². The molecule has 1 aromatic heterocycles. The standard InChI is InChI=1S/C18H33ClN2/c1-6-8-10-11-12-14-18(5,13-9-7-2)21-17(19)15(3)16(4)20-21/h6-14H2,1-5H3. The van der Waals surface area contributed by atoms with Crippen molar-refractivity contribution in [3.63, 3.8) is 0 Å². The lowest BCUT2D eigenvalue weighted by Gasteiger charge is -2.31. The van der Waals surface area contributed by atoms with E-state index in [1.54, 1.807) is 0 Å². The first-order chi connectivity index (χ1) is 9.96. The highest BCUT2D eigenvalue weighted by molar-refractivity contribution is 6.30. The SMILES string of the molecule is CCCCCCCC(C)(CCCC)n1nc(C)c(C)c1Cl. The largest absolute Gasteiger partial charge is 0.248 e. The number of aromatic nitrogens is 2. The summed E-state index contributed by atoms with van der Waals surface area (Å²) in [7, 11) is 0. The molecule has 0 aliphatic carbocycles. The maximum Gasteiger partial charge on any atom is 0.130 e. The van der Waals surface area contributed by atoms with E-state index in [-0.39, 0.29) is 5.54 Å². The van der Waals surface area contributed by atoms with E-state index in [9.17, 15) is 0 Å². The first kappa shape index (κ1) is 18.5. The predicted octanol–water partition coefficient (Wildman–Crippen LogP) is 6.42. The second-order valence-electron chi connectivity index (χ2n) is 6.68. The van der Waals surface area contributed by atoms with Crippen LogP contribution in [0.15, 0.2) is 0 Å². The molecule has 1 aromatic rings. The molecule has 0 aliphatic rings. The number of unbranched alkanes of at least 4 members (excludes halogenated alkanes) is 5. The van der Waals surface area contributed by atoms with Crippen molar-refractivity contribution in [2.75, 3.05) is 0 Å². The van der Waals surface area contributed by atoms with Gasteiger partial charge in [-0.1, -0.05) is 70.4 Å². The van der Waals surface area contributed by atoms with E-state index in [1.807, 2.05) is 0 Å². The maximum atomic E-state index is 6.54. The highest BCUT2D eigenvalue weighted by atomic mass is 35.5. The van der Waals surface area contributed by atoms with Gasteiger partial charge in [-0.3, -0.25) is 0 Å². The summed E-state index contributed by atoms with van der Waals surface area (Å²) in [6, 6.07) is 0. The first-order valence-corrected chi connectivity index (χ1v) is 9.06. The van der Waals surface area contributed by atoms with Crippen molar-refractivity contribution in [1.29, 1.82) is 0 Å². The van der Waals surface area contributed by atoms with Crippen LogP contribution in [0.1, 0.15) is 89.8 Å². The van der Waals surface area contributed by atoms with Gasteiger partial charge >= 0.3 is 0 Å². The van der Waals surface area contributed by atoms with Gasteiger partial charge in [0.1, 0.15) is 5.15 Å². The third kappa shape index (κ3) is 5.02. The first-order valence-electron chi connectivity index (χ1n) is 8.68. The predicted molar refractivity (Wildman–Crippen MR) is 93.3 cm³/mol. The quantitative estimate of drug-likeness (QED) is 0.456. The number of hydrogen-bond donors (Lipinski definition) is 0. The van der Waals surface area contributed by atoms with Crippen LogP contribution in [0.4, 0.5) is 0 Å². The monoisotopic (exact) mass is 312 g/mol. The highest BCUT2D eigenvalue weighted by Crippen LogP contribution is 2.34. The van der Waals surface area contributed by atoms with Gasteiger partial charge in [0, 0.05) is 5.56 Å². The Bertz CT molecular complexity index is 425. The zero-order valence-electron chi connectivity index (χ0n) is 14.6. The molecule has 1 rings (SSSR count). The minimum absolute atomic E-state index is 0.0678. The van der Waals surface area contributed by atoms with Crippen molar-refractivity contribution in [3.8, 4) is 0 Å². The molecule has 1 unspecified atom stereocenters. The van der Waals surface area contributed by atoms with E-state index in [4.69, 9.17) is 16.7 Å². The van der Waals surface area contributed by atoms with Crippen LogP contribution in [0, 0.1) is 13.8 Å². The molecule has 0 amide bonds. The smallest absolute Gasteiger partial charge is 0.130 e. The molecular weight excluding hydrogens is 280 g/mol. The molecule has 0 aliphatic heterocycles. The maximum absolute atomic E-state index is 6.54. The van der Waals surface area contributed by atoms with Crippen LogP contribution in [0.25, 0.3) is 0 Å². The van der Waals surface area contributed by atoms with Crippen molar-refractivity contribution < 1.29 is 0 Å². The van der Waals surface area contributed by atoms with Gasteiger partial charge in [0.2, 0.25) is 0 Å². The molecule has 0 saturated heterocycles. The lowest BCUT2D eigenvalue weighted by Crippen LogP contribution is -2.31. The number of halogens is 1. The van der Waals surface area contributed by atoms with Crippen molar-refractivity contribution in [3.05, 3.63) is 16.4 Å². The number of nitrogens with zero attached hydrogens (tertiary/aromatic N) is 2. The average molecular weight is 313 g/mol. The van der Waals surface area contributed by atoms with Gasteiger partial charge in [-0.2, -0.15) is 5.10 Å². The molecule has 0 bridgehead atoms. The second-order valence-corrected chi connectivity index (χ2v) is 7.04. The Balaban J connectivity index is 2.79. The number of hydrogen-bond acceptors (Lipinski definition) is 1. The summed E-state index contributed by atoms with van der Waals surface area (Å²) in [5.41, 5.74) is 2.26. The van der Waals surface area contributed by atoms with Gasteiger partial charge < -0.3 is 0 Å². The molecule has 1 heterocycles. The van der Waals surface area contributed by atoms with Crippen LogP contribution in [0.3, 0.4) is 0 Å². The second kappa shape index (κ2) is 8.82. The highest BCUT2D eigenvalue weighted by Gasteiger charge is 2.29. The van der Waals surface area contributed by atoms with Crippen LogP contribution in [-0.4, -0.2) is 9.78 Å². The van der Waals surface area contributed by atoms with Crippen molar-refractivity contribution in [2.45, 2.75) is 97.9 Å². The molecule has 0 fully saturated rings. The van der Waals surface area contributed by atoms with Crippen LogP contribution >= 0.6 is 11.6 Å². The van der Waals surface area contributed by atoms with E-state index < -0.39 is 0 Å². The third-order valence-corrected chi connectivity index (χ3v) is 5.13. The van der Waals surface area contributed by atoms with Crippen LogP contribution in [-0.2, 0) is 5.54 Å². The zero-order valence-corrected chi connectivity index (χ0v) is 15.4. The topological polar surface area (TPSA) is 17.8 Å². The molecule has 0 aromatic carbocycles. The fraction of sp³-hybridized carbons (Fsp3) is 0.833. The number of rotatable bonds is 10. The Kier molecular flexibility index (Phi) is 7.79. The molecule has 0 saturated carbocycles. The minimum atomic E-state index is 0.0678. The summed E-state index contributed by atoms with van der Waals surface area (Å²) in [6.45, 7) is 11.0. The average Bonchev–Trinajstić information content (AvgIpc) is 2.73. The van der Waals surface area contributed by atoms with Crippen molar-refractivity contribution in [2.24, 2.45) is 0 Å². The molecule has 0 spiro atoms. The van der Waals surface area contributed by atoms with E-state index in [0.717, 1.165) is 22.8 Å². The molecule has 0 radical (unpaired) electrons. The van der Waals surface area contributed by atoms with Gasteiger partial charge in [-0.25, -0.2) is 4.68 Å². The lowest BCUT2D eigenvalue weighted by atomic mass is 9.88. The van der Waals surface area contributed by atoms with E-state index in [1.165, 1.54) is 51.4 Å². The molecular formula is C18H33ClN2. The lowest BCUT2D eigenvalue weighted by molar-refractivity contribution is 0.228. The van der Waals surface area contributed by atoms with Crippen LogP contribution in [0.5, 0.6) is 0 Å². The molecule has 1 atom stereocenters. The zero-order chi connectivity index (χ0) is 15.9. The molecule has 3 heteroatoms. The Morgan fingerprint density at radius 3 is 2.05 bits per heavy atom. The van der Waals surface area contributed by atoms with E-state index >= 15 is 0 Å². The van der Waals surface area contributed by atoms with Gasteiger partial charge in [0.25, 0.3) is 0 Å². The third-order valence-electron chi connectivity index (χ3n) is 4.69. The van der Waals surface area contributed by atoms with Gasteiger partial charge in [0.05, 0.1) is 11.2 Å². The van der Waals surface area contributed by atoms with Gasteiger partial charge in [0.15, 0.2) is 0 Å². The number of aryl methyl sites for hydroxylation is 1. The summed E-state index contributed by atoms with van der Waals surface area (Å²) in [5.74, 6) is 0. The van der Waals surface area contributed by atoms with E-state index in [2.05, 4.69) is 39.3 Å². The Morgan fingerprint density at radius 1 is 0.952 bits per heavy atom. The Morgan fingerprint density at radius 2 is 1.52 bits per heavy atom. The fourth-order valence-electron chi connectivity index (χ4n) is 2.94. The molecule has 2 nitrogen and oxygen atoms in total. The summed E-state index contributed by atoms with van der Waals surface area (Å²) in [5, 5.41) is 5.57. The summed E-state index contributed by atoms with van der Waals surface area (Å²) < 4.78 is 2.11. The normalized spacial score (nSPS) is 14.4.